The van der Waals surface area contributed by atoms with Crippen molar-refractivity contribution in [3.05, 3.63) is 70.8 Å². The minimum Gasteiger partial charge on any atom is -0.508 e. The minimum atomic E-state index is -0.594. The van der Waals surface area contributed by atoms with E-state index in [1.165, 1.54) is 44.2 Å². The normalized spacial score (nSPS) is 16.3. The highest BCUT2D eigenvalue weighted by atomic mass is 16.5. The number of aromatic hydroxyl groups is 5. The molecule has 1 heterocycles. The molecule has 0 spiro atoms. The Morgan fingerprint density at radius 3 is 2.08 bits per heavy atom. The van der Waals surface area contributed by atoms with Crippen LogP contribution in [0.3, 0.4) is 0 Å². The average Bonchev–Trinajstić information content (AvgIpc) is 2.92. The van der Waals surface area contributed by atoms with Crippen LogP contribution in [0.25, 0.3) is 0 Å². The first-order valence-corrected chi connectivity index (χ1v) is 14.4. The summed E-state index contributed by atoms with van der Waals surface area (Å²) < 4.78 is 6.16. The van der Waals surface area contributed by atoms with Gasteiger partial charge in [-0.15, -0.1) is 0 Å². The molecule has 4 rings (SSSR count). The quantitative estimate of drug-likeness (QED) is 0.108. The van der Waals surface area contributed by atoms with Crippen LogP contribution < -0.4 is 4.74 Å². The molecule has 1 aliphatic heterocycles. The first-order chi connectivity index (χ1) is 19.3. The van der Waals surface area contributed by atoms with Gasteiger partial charge in [-0.1, -0.05) is 76.5 Å². The largest absolute Gasteiger partial charge is 0.508 e. The third kappa shape index (κ3) is 6.82. The van der Waals surface area contributed by atoms with Gasteiger partial charge in [-0.3, -0.25) is 4.79 Å². The number of rotatable bonds is 13. The zero-order chi connectivity index (χ0) is 28.6. The van der Waals surface area contributed by atoms with Crippen LogP contribution in [0.1, 0.15) is 117 Å². The summed E-state index contributed by atoms with van der Waals surface area (Å²) in [6.07, 6.45) is 9.93. The zero-order valence-corrected chi connectivity index (χ0v) is 23.1. The molecule has 0 fully saturated rings. The van der Waals surface area contributed by atoms with E-state index in [0.29, 0.717) is 24.2 Å². The second-order valence-electron chi connectivity index (χ2n) is 10.8. The van der Waals surface area contributed by atoms with Gasteiger partial charge in [-0.2, -0.15) is 0 Å². The summed E-state index contributed by atoms with van der Waals surface area (Å²) in [5, 5.41) is 52.6. The Morgan fingerprint density at radius 2 is 1.40 bits per heavy atom. The van der Waals surface area contributed by atoms with E-state index in [-0.39, 0.29) is 40.6 Å². The number of carbonyl (C=O) groups is 1. The molecule has 0 radical (unpaired) electrons. The molecule has 2 atom stereocenters. The molecule has 1 aliphatic rings. The summed E-state index contributed by atoms with van der Waals surface area (Å²) >= 11 is 0. The van der Waals surface area contributed by atoms with Crippen molar-refractivity contribution in [3.8, 4) is 34.5 Å². The molecule has 40 heavy (non-hydrogen) atoms. The second kappa shape index (κ2) is 13.5. The number of benzene rings is 3. The highest BCUT2D eigenvalue weighted by molar-refractivity contribution is 6.02. The topological polar surface area (TPSA) is 127 Å². The molecule has 0 aliphatic carbocycles. The second-order valence-corrected chi connectivity index (χ2v) is 10.8. The van der Waals surface area contributed by atoms with Crippen molar-refractivity contribution in [1.82, 2.24) is 0 Å². The SMILES string of the molecule is CCCCCCCCCCCC(=O)c1c(O)cc(O)c([C@H]2C[C@H](c3ccc(O)cc3)Oc3cc(O)ccc32)c1O. The Labute approximate surface area is 235 Å². The highest BCUT2D eigenvalue weighted by Gasteiger charge is 2.36. The zero-order valence-electron chi connectivity index (χ0n) is 23.1. The Kier molecular flexibility index (Phi) is 9.80. The number of fused-ring (bicyclic) bond motifs is 1. The van der Waals surface area contributed by atoms with Crippen LogP contribution in [0.15, 0.2) is 48.5 Å². The minimum absolute atomic E-state index is 0.000155. The Morgan fingerprint density at radius 1 is 0.775 bits per heavy atom. The number of carbonyl (C=O) groups excluding carboxylic acids is 1. The third-order valence-corrected chi connectivity index (χ3v) is 7.79. The number of unbranched alkanes of at least 4 members (excludes halogenated alkanes) is 8. The number of ketones is 1. The van der Waals surface area contributed by atoms with Gasteiger partial charge in [0.25, 0.3) is 0 Å². The summed E-state index contributed by atoms with van der Waals surface area (Å²) in [5.41, 5.74) is 1.34. The van der Waals surface area contributed by atoms with Gasteiger partial charge in [-0.05, 0) is 36.6 Å². The lowest BCUT2D eigenvalue weighted by Gasteiger charge is -2.33. The molecule has 3 aromatic rings. The predicted molar refractivity (Wildman–Crippen MR) is 154 cm³/mol. The molecule has 7 nitrogen and oxygen atoms in total. The smallest absolute Gasteiger partial charge is 0.170 e. The van der Waals surface area contributed by atoms with E-state index in [1.54, 1.807) is 30.3 Å². The maximum Gasteiger partial charge on any atom is 0.170 e. The summed E-state index contributed by atoms with van der Waals surface area (Å²) in [7, 11) is 0. The van der Waals surface area contributed by atoms with Gasteiger partial charge in [0.1, 0.15) is 46.2 Å². The molecule has 5 N–H and O–H groups in total. The van der Waals surface area contributed by atoms with Crippen LogP contribution >= 0.6 is 0 Å². The Balaban J connectivity index is 1.54. The van der Waals surface area contributed by atoms with E-state index in [0.717, 1.165) is 30.9 Å². The van der Waals surface area contributed by atoms with Gasteiger partial charge in [0.05, 0.1) is 0 Å². The molecule has 0 bridgehead atoms. The maximum atomic E-state index is 13.2. The number of hydrogen-bond donors (Lipinski definition) is 5. The van der Waals surface area contributed by atoms with E-state index >= 15 is 0 Å². The van der Waals surface area contributed by atoms with Gasteiger partial charge in [0, 0.05) is 35.6 Å². The molecule has 0 saturated heterocycles. The number of hydrogen-bond acceptors (Lipinski definition) is 7. The summed E-state index contributed by atoms with van der Waals surface area (Å²) in [6.45, 7) is 2.20. The first-order valence-electron chi connectivity index (χ1n) is 14.4. The van der Waals surface area contributed by atoms with Crippen molar-refractivity contribution in [2.24, 2.45) is 0 Å². The fraction of sp³-hybridized carbons (Fsp3) is 0.424. The molecular weight excluding hydrogens is 508 g/mol. The number of phenolic OH excluding ortho intramolecular Hbond substituents is 5. The summed E-state index contributed by atoms with van der Waals surface area (Å²) in [6, 6.07) is 12.3. The predicted octanol–water partition coefficient (Wildman–Crippen LogP) is 7.97. The molecule has 0 aromatic heterocycles. The maximum absolute atomic E-state index is 13.2. The Hall–Kier alpha value is -3.87. The van der Waals surface area contributed by atoms with Gasteiger partial charge >= 0.3 is 0 Å². The van der Waals surface area contributed by atoms with Crippen molar-refractivity contribution >= 4 is 5.78 Å². The standard InChI is InChI=1S/C33H40O7/c1-2-3-4-5-6-7-8-9-10-11-26(36)32-28(38)20-27(37)31(33(32)39)25-19-29(21-12-14-22(34)15-13-21)40-30-18-23(35)16-17-24(25)30/h12-18,20,25,29,34-35,37-39H,2-11,19H2,1H3/t25-,29+/m0/s1. The molecule has 0 amide bonds. The van der Waals surface area contributed by atoms with E-state index in [9.17, 15) is 30.3 Å². The lowest BCUT2D eigenvalue weighted by atomic mass is 9.80. The van der Waals surface area contributed by atoms with E-state index in [2.05, 4.69) is 6.92 Å². The lowest BCUT2D eigenvalue weighted by Crippen LogP contribution is -2.20. The van der Waals surface area contributed by atoms with Gasteiger partial charge in [0.2, 0.25) is 0 Å². The van der Waals surface area contributed by atoms with Crippen LogP contribution in [0.4, 0.5) is 0 Å². The van der Waals surface area contributed by atoms with Crippen molar-refractivity contribution < 1.29 is 35.1 Å². The van der Waals surface area contributed by atoms with Crippen molar-refractivity contribution in [2.45, 2.75) is 89.6 Å². The highest BCUT2D eigenvalue weighted by Crippen LogP contribution is 2.52. The van der Waals surface area contributed by atoms with Crippen molar-refractivity contribution in [2.75, 3.05) is 0 Å². The van der Waals surface area contributed by atoms with E-state index < -0.39 is 23.5 Å². The molecule has 7 heteroatoms. The van der Waals surface area contributed by atoms with Crippen LogP contribution in [0.2, 0.25) is 0 Å². The van der Waals surface area contributed by atoms with Gasteiger partial charge in [0.15, 0.2) is 5.78 Å². The number of phenols is 5. The van der Waals surface area contributed by atoms with Gasteiger partial charge in [-0.25, -0.2) is 0 Å². The van der Waals surface area contributed by atoms with Crippen LogP contribution in [0, 0.1) is 0 Å². The number of Topliss-reactive ketones (excluding diaryl/α,β-unsaturated/α-hetero) is 1. The fourth-order valence-corrected chi connectivity index (χ4v) is 5.62. The van der Waals surface area contributed by atoms with E-state index in [4.69, 9.17) is 4.74 Å². The van der Waals surface area contributed by atoms with Gasteiger partial charge < -0.3 is 30.3 Å². The third-order valence-electron chi connectivity index (χ3n) is 7.79. The molecule has 0 unspecified atom stereocenters. The fourth-order valence-electron chi connectivity index (χ4n) is 5.62. The van der Waals surface area contributed by atoms with E-state index in [1.807, 2.05) is 0 Å². The van der Waals surface area contributed by atoms with Crippen molar-refractivity contribution in [3.63, 3.8) is 0 Å². The summed E-state index contributed by atoms with van der Waals surface area (Å²) in [5.74, 6) is -1.69. The molecule has 214 valence electrons. The first kappa shape index (κ1) is 29.1. The lowest BCUT2D eigenvalue weighted by molar-refractivity contribution is 0.0973. The number of ether oxygens (including phenoxy) is 1. The average molecular weight is 549 g/mol. The van der Waals surface area contributed by atoms with Crippen molar-refractivity contribution in [1.29, 1.82) is 0 Å². The van der Waals surface area contributed by atoms with Crippen LogP contribution in [0.5, 0.6) is 34.5 Å². The molecule has 0 saturated carbocycles. The van der Waals surface area contributed by atoms with Crippen LogP contribution in [-0.2, 0) is 0 Å². The molecule has 3 aromatic carbocycles. The Bertz CT molecular complexity index is 1300. The monoisotopic (exact) mass is 548 g/mol. The molecular formula is C33H40O7. The van der Waals surface area contributed by atoms with Crippen LogP contribution in [-0.4, -0.2) is 31.3 Å². The summed E-state index contributed by atoms with van der Waals surface area (Å²) in [4.78, 5) is 13.2.